The number of benzene rings is 1. The Morgan fingerprint density at radius 3 is 2.96 bits per heavy atom. The average Bonchev–Trinajstić information content (AvgIpc) is 3.07. The molecule has 1 amide bonds. The third-order valence-electron chi connectivity index (χ3n) is 3.83. The molecule has 0 spiro atoms. The molecule has 1 aliphatic rings. The topological polar surface area (TPSA) is 81.1 Å². The zero-order valence-corrected chi connectivity index (χ0v) is 14.3. The van der Waals surface area contributed by atoms with Crippen molar-refractivity contribution in [1.82, 2.24) is 20.3 Å². The molecule has 3 rings (SSSR count). The molecule has 8 heteroatoms. The quantitative estimate of drug-likeness (QED) is 0.850. The molecule has 0 atom stereocenters. The van der Waals surface area contributed by atoms with Crippen molar-refractivity contribution in [3.63, 3.8) is 0 Å². The van der Waals surface area contributed by atoms with E-state index in [0.717, 1.165) is 30.4 Å². The second-order valence-electron chi connectivity index (χ2n) is 5.37. The van der Waals surface area contributed by atoms with Gasteiger partial charge in [-0.15, -0.1) is 5.10 Å². The van der Waals surface area contributed by atoms with Gasteiger partial charge in [0.1, 0.15) is 5.75 Å². The van der Waals surface area contributed by atoms with Crippen molar-refractivity contribution in [3.05, 3.63) is 34.6 Å². The van der Waals surface area contributed by atoms with Crippen LogP contribution in [0.25, 0.3) is 0 Å². The first-order valence-electron chi connectivity index (χ1n) is 7.45. The Labute approximate surface area is 142 Å². The Morgan fingerprint density at radius 1 is 1.43 bits per heavy atom. The van der Waals surface area contributed by atoms with Gasteiger partial charge < -0.3 is 15.4 Å². The van der Waals surface area contributed by atoms with Gasteiger partial charge in [-0.2, -0.15) is 0 Å². The summed E-state index contributed by atoms with van der Waals surface area (Å²) in [5.74, 6) is 0.371. The summed E-state index contributed by atoms with van der Waals surface area (Å²) in [5.41, 5.74) is 0.955. The van der Waals surface area contributed by atoms with Gasteiger partial charge in [-0.25, -0.2) is 4.68 Å². The molecule has 122 valence electrons. The van der Waals surface area contributed by atoms with E-state index in [2.05, 4.69) is 36.9 Å². The van der Waals surface area contributed by atoms with Gasteiger partial charge in [0.15, 0.2) is 5.69 Å². The number of carbonyl (C=O) groups is 1. The number of hydrogen-bond donors (Lipinski definition) is 2. The molecule has 1 fully saturated rings. The normalized spacial score (nSPS) is 15.4. The van der Waals surface area contributed by atoms with Gasteiger partial charge in [0.05, 0.1) is 23.8 Å². The molecule has 0 bridgehead atoms. The molecular weight excluding hydrogens is 362 g/mol. The van der Waals surface area contributed by atoms with Crippen LogP contribution >= 0.6 is 15.9 Å². The van der Waals surface area contributed by atoms with Crippen molar-refractivity contribution in [1.29, 1.82) is 0 Å². The molecule has 1 aromatic carbocycles. The first kappa shape index (κ1) is 15.9. The van der Waals surface area contributed by atoms with Crippen LogP contribution in [0.4, 0.5) is 5.69 Å². The van der Waals surface area contributed by atoms with E-state index in [1.54, 1.807) is 30.1 Å². The number of hydrogen-bond acceptors (Lipinski definition) is 5. The van der Waals surface area contributed by atoms with Crippen LogP contribution < -0.4 is 15.4 Å². The summed E-state index contributed by atoms with van der Waals surface area (Å²) in [4.78, 5) is 12.3. The lowest BCUT2D eigenvalue weighted by Crippen LogP contribution is -2.29. The van der Waals surface area contributed by atoms with Crippen molar-refractivity contribution in [2.45, 2.75) is 18.9 Å². The van der Waals surface area contributed by atoms with Crippen LogP contribution in [0, 0.1) is 0 Å². The predicted molar refractivity (Wildman–Crippen MR) is 89.8 cm³/mol. The molecule has 2 N–H and O–H groups in total. The Bertz CT molecular complexity index is 697. The van der Waals surface area contributed by atoms with Crippen LogP contribution in [0.1, 0.15) is 29.4 Å². The predicted octanol–water partition coefficient (Wildman–Crippen LogP) is 2.23. The van der Waals surface area contributed by atoms with E-state index in [9.17, 15) is 4.79 Å². The fourth-order valence-corrected chi connectivity index (χ4v) is 2.97. The molecule has 0 unspecified atom stereocenters. The molecule has 0 aliphatic carbocycles. The summed E-state index contributed by atoms with van der Waals surface area (Å²) in [6.07, 6.45) is 3.70. The number of halogens is 1. The van der Waals surface area contributed by atoms with Crippen LogP contribution in [0.15, 0.2) is 28.9 Å². The third-order valence-corrected chi connectivity index (χ3v) is 4.49. The fraction of sp³-hybridized carbons (Fsp3) is 0.400. The minimum Gasteiger partial charge on any atom is -0.495 e. The molecule has 2 heterocycles. The van der Waals surface area contributed by atoms with Gasteiger partial charge in [0, 0.05) is 11.8 Å². The maximum atomic E-state index is 12.3. The van der Waals surface area contributed by atoms with E-state index in [4.69, 9.17) is 4.74 Å². The van der Waals surface area contributed by atoms with Crippen LogP contribution in [-0.4, -0.2) is 41.1 Å². The highest BCUT2D eigenvalue weighted by Gasteiger charge is 2.19. The first-order chi connectivity index (χ1) is 11.2. The molecule has 0 saturated carbocycles. The lowest BCUT2D eigenvalue weighted by molar-refractivity contribution is 0.102. The second kappa shape index (κ2) is 7.10. The van der Waals surface area contributed by atoms with E-state index >= 15 is 0 Å². The first-order valence-corrected chi connectivity index (χ1v) is 8.24. The SMILES string of the molecule is COc1cc(NC(=O)c2cn(C3CCNCC3)nn2)ccc1Br. The Hall–Kier alpha value is -1.93. The lowest BCUT2D eigenvalue weighted by Gasteiger charge is -2.22. The molecule has 7 nitrogen and oxygen atoms in total. The highest BCUT2D eigenvalue weighted by molar-refractivity contribution is 9.10. The molecule has 2 aromatic rings. The van der Waals surface area contributed by atoms with Gasteiger partial charge in [-0.05, 0) is 54.0 Å². The van der Waals surface area contributed by atoms with Crippen molar-refractivity contribution in [3.8, 4) is 5.75 Å². The van der Waals surface area contributed by atoms with E-state index in [1.807, 2.05) is 6.07 Å². The summed E-state index contributed by atoms with van der Waals surface area (Å²) < 4.78 is 7.84. The number of nitrogens with one attached hydrogen (secondary N) is 2. The number of methoxy groups -OCH3 is 1. The minimum absolute atomic E-state index is 0.283. The zero-order valence-electron chi connectivity index (χ0n) is 12.8. The van der Waals surface area contributed by atoms with Gasteiger partial charge in [-0.1, -0.05) is 5.21 Å². The largest absolute Gasteiger partial charge is 0.495 e. The number of nitrogens with zero attached hydrogens (tertiary/aromatic N) is 3. The van der Waals surface area contributed by atoms with Gasteiger partial charge in [0.2, 0.25) is 0 Å². The molecular formula is C15H18BrN5O2. The van der Waals surface area contributed by atoms with E-state index < -0.39 is 0 Å². The molecule has 0 radical (unpaired) electrons. The number of amides is 1. The lowest BCUT2D eigenvalue weighted by atomic mass is 10.1. The summed E-state index contributed by atoms with van der Waals surface area (Å²) >= 11 is 3.38. The zero-order chi connectivity index (χ0) is 16.2. The van der Waals surface area contributed by atoms with Crippen molar-refractivity contribution >= 4 is 27.5 Å². The Morgan fingerprint density at radius 2 is 2.22 bits per heavy atom. The van der Waals surface area contributed by atoms with Gasteiger partial charge in [0.25, 0.3) is 5.91 Å². The van der Waals surface area contributed by atoms with Gasteiger partial charge in [-0.3, -0.25) is 4.79 Å². The van der Waals surface area contributed by atoms with Crippen LogP contribution in [-0.2, 0) is 0 Å². The van der Waals surface area contributed by atoms with E-state index in [-0.39, 0.29) is 5.91 Å². The summed E-state index contributed by atoms with van der Waals surface area (Å²) in [5, 5.41) is 14.2. The fourth-order valence-electron chi connectivity index (χ4n) is 2.56. The van der Waals surface area contributed by atoms with Crippen molar-refractivity contribution < 1.29 is 9.53 Å². The second-order valence-corrected chi connectivity index (χ2v) is 6.22. The van der Waals surface area contributed by atoms with Crippen LogP contribution in [0.3, 0.4) is 0 Å². The number of piperidine rings is 1. The smallest absolute Gasteiger partial charge is 0.277 e. The summed E-state index contributed by atoms with van der Waals surface area (Å²) in [7, 11) is 1.58. The van der Waals surface area contributed by atoms with E-state index in [0.29, 0.717) is 23.2 Å². The number of anilines is 1. The molecule has 1 aromatic heterocycles. The van der Waals surface area contributed by atoms with E-state index in [1.165, 1.54) is 0 Å². The summed E-state index contributed by atoms with van der Waals surface area (Å²) in [6.45, 7) is 1.93. The van der Waals surface area contributed by atoms with Crippen LogP contribution in [0.2, 0.25) is 0 Å². The van der Waals surface area contributed by atoms with Crippen molar-refractivity contribution in [2.24, 2.45) is 0 Å². The number of carbonyl (C=O) groups excluding carboxylic acids is 1. The standard InChI is InChI=1S/C15H18BrN5O2/c1-23-14-8-10(2-3-12(14)16)18-15(22)13-9-21(20-19-13)11-4-6-17-7-5-11/h2-3,8-9,11,17H,4-7H2,1H3,(H,18,22). The third kappa shape index (κ3) is 3.70. The maximum absolute atomic E-state index is 12.3. The summed E-state index contributed by atoms with van der Waals surface area (Å²) in [6, 6.07) is 5.67. The Kier molecular flexibility index (Phi) is 4.92. The number of aromatic nitrogens is 3. The highest BCUT2D eigenvalue weighted by Crippen LogP contribution is 2.28. The maximum Gasteiger partial charge on any atom is 0.277 e. The average molecular weight is 380 g/mol. The van der Waals surface area contributed by atoms with Crippen LogP contribution in [0.5, 0.6) is 5.75 Å². The number of rotatable bonds is 4. The molecule has 23 heavy (non-hydrogen) atoms. The van der Waals surface area contributed by atoms with Gasteiger partial charge >= 0.3 is 0 Å². The monoisotopic (exact) mass is 379 g/mol. The molecule has 1 aliphatic heterocycles. The highest BCUT2D eigenvalue weighted by atomic mass is 79.9. The Balaban J connectivity index is 1.70. The van der Waals surface area contributed by atoms with Crippen molar-refractivity contribution in [2.75, 3.05) is 25.5 Å². The number of ether oxygens (including phenoxy) is 1. The minimum atomic E-state index is -0.283. The molecule has 1 saturated heterocycles.